The van der Waals surface area contributed by atoms with E-state index in [0.717, 1.165) is 37.0 Å². The number of rotatable bonds is 3. The molecular weight excluding hydrogens is 354 g/mol. The third-order valence-electron chi connectivity index (χ3n) is 5.45. The van der Waals surface area contributed by atoms with E-state index in [1.807, 2.05) is 25.1 Å². The van der Waals surface area contributed by atoms with E-state index in [-0.39, 0.29) is 18.1 Å². The van der Waals surface area contributed by atoms with E-state index in [1.165, 1.54) is 0 Å². The first kappa shape index (κ1) is 18.7. The largest absolute Gasteiger partial charge is 0.365 e. The van der Waals surface area contributed by atoms with Crippen molar-refractivity contribution in [1.82, 2.24) is 15.6 Å². The minimum absolute atomic E-state index is 0.0421. The molecule has 0 spiro atoms. The van der Waals surface area contributed by atoms with Gasteiger partial charge in [0.25, 0.3) is 5.91 Å². The van der Waals surface area contributed by atoms with E-state index >= 15 is 0 Å². The number of amides is 1. The van der Waals surface area contributed by atoms with Gasteiger partial charge in [-0.3, -0.25) is 9.78 Å². The number of anilines is 1. The normalized spacial score (nSPS) is 23.4. The minimum Gasteiger partial charge on any atom is -0.365 e. The van der Waals surface area contributed by atoms with Crippen LogP contribution in [0.4, 0.5) is 5.69 Å². The zero-order valence-corrected chi connectivity index (χ0v) is 16.0. The summed E-state index contributed by atoms with van der Waals surface area (Å²) in [6, 6.07) is 10.0. The van der Waals surface area contributed by atoms with Gasteiger partial charge in [0.05, 0.1) is 23.7 Å². The summed E-state index contributed by atoms with van der Waals surface area (Å²) in [6.45, 7) is 5.03. The zero-order valence-electron chi connectivity index (χ0n) is 16.0. The van der Waals surface area contributed by atoms with Gasteiger partial charge in [-0.1, -0.05) is 0 Å². The molecule has 7 nitrogen and oxygen atoms in total. The Morgan fingerprint density at radius 3 is 2.93 bits per heavy atom. The summed E-state index contributed by atoms with van der Waals surface area (Å²) in [7, 11) is 0. The van der Waals surface area contributed by atoms with Crippen LogP contribution in [0, 0.1) is 11.3 Å². The Balaban J connectivity index is 1.56. The zero-order chi connectivity index (χ0) is 19.5. The summed E-state index contributed by atoms with van der Waals surface area (Å²) in [6.07, 6.45) is 3.01. The van der Waals surface area contributed by atoms with Crippen molar-refractivity contribution in [3.05, 3.63) is 36.0 Å². The molecule has 2 aliphatic rings. The predicted octanol–water partition coefficient (Wildman–Crippen LogP) is 1.57. The number of piperidine rings is 1. The highest BCUT2D eigenvalue weighted by molar-refractivity contribution is 5.95. The SMILES string of the molecule is C[C@@H]1CN(c2ccc(C#N)c3ncccc23)C[C@H](C(=O)NC2CCNCC2)O1. The number of benzene rings is 1. The smallest absolute Gasteiger partial charge is 0.251 e. The predicted molar refractivity (Wildman–Crippen MR) is 107 cm³/mol. The lowest BCUT2D eigenvalue weighted by molar-refractivity contribution is -0.138. The maximum atomic E-state index is 12.8. The van der Waals surface area contributed by atoms with Gasteiger partial charge in [0, 0.05) is 29.9 Å². The van der Waals surface area contributed by atoms with Crippen molar-refractivity contribution >= 4 is 22.5 Å². The fourth-order valence-electron chi connectivity index (χ4n) is 4.08. The van der Waals surface area contributed by atoms with Gasteiger partial charge in [0.15, 0.2) is 6.10 Å². The summed E-state index contributed by atoms with van der Waals surface area (Å²) in [5, 5.41) is 16.8. The van der Waals surface area contributed by atoms with Crippen LogP contribution < -0.4 is 15.5 Å². The molecule has 1 aromatic heterocycles. The van der Waals surface area contributed by atoms with E-state index in [4.69, 9.17) is 4.74 Å². The Morgan fingerprint density at radius 2 is 2.14 bits per heavy atom. The molecule has 2 fully saturated rings. The number of hydrogen-bond donors (Lipinski definition) is 2. The average Bonchev–Trinajstić information content (AvgIpc) is 2.73. The first-order valence-corrected chi connectivity index (χ1v) is 9.85. The number of pyridine rings is 1. The topological polar surface area (TPSA) is 90.3 Å². The van der Waals surface area contributed by atoms with Crippen molar-refractivity contribution in [2.75, 3.05) is 31.1 Å². The number of carbonyl (C=O) groups excluding carboxylic acids is 1. The van der Waals surface area contributed by atoms with E-state index < -0.39 is 6.10 Å². The van der Waals surface area contributed by atoms with Crippen LogP contribution in [0.15, 0.2) is 30.5 Å². The van der Waals surface area contributed by atoms with Gasteiger partial charge in [-0.2, -0.15) is 5.26 Å². The van der Waals surface area contributed by atoms with Crippen LogP contribution in [-0.2, 0) is 9.53 Å². The Labute approximate surface area is 164 Å². The van der Waals surface area contributed by atoms with Gasteiger partial charge in [-0.15, -0.1) is 0 Å². The lowest BCUT2D eigenvalue weighted by Gasteiger charge is -2.38. The Bertz CT molecular complexity index is 903. The Kier molecular flexibility index (Phi) is 5.42. The molecule has 0 unspecified atom stereocenters. The molecule has 1 aromatic carbocycles. The van der Waals surface area contributed by atoms with Gasteiger partial charge in [-0.25, -0.2) is 0 Å². The second kappa shape index (κ2) is 8.13. The fraction of sp³-hybridized carbons (Fsp3) is 0.476. The van der Waals surface area contributed by atoms with Gasteiger partial charge in [0.2, 0.25) is 0 Å². The number of nitriles is 1. The van der Waals surface area contributed by atoms with Crippen molar-refractivity contribution in [2.45, 2.75) is 38.0 Å². The number of ether oxygens (including phenoxy) is 1. The van der Waals surface area contributed by atoms with Crippen LogP contribution in [0.1, 0.15) is 25.3 Å². The molecule has 0 aliphatic carbocycles. The first-order valence-electron chi connectivity index (χ1n) is 9.85. The molecule has 1 amide bonds. The molecule has 0 radical (unpaired) electrons. The van der Waals surface area contributed by atoms with Crippen LogP contribution in [0.5, 0.6) is 0 Å². The number of nitrogens with one attached hydrogen (secondary N) is 2. The van der Waals surface area contributed by atoms with Crippen LogP contribution in [0.25, 0.3) is 10.9 Å². The van der Waals surface area contributed by atoms with Crippen molar-refractivity contribution in [3.63, 3.8) is 0 Å². The first-order chi connectivity index (χ1) is 13.7. The van der Waals surface area contributed by atoms with E-state index in [9.17, 15) is 10.1 Å². The molecular formula is C21H25N5O2. The van der Waals surface area contributed by atoms with Crippen molar-refractivity contribution in [3.8, 4) is 6.07 Å². The van der Waals surface area contributed by atoms with Crippen molar-refractivity contribution < 1.29 is 9.53 Å². The quantitative estimate of drug-likeness (QED) is 0.841. The molecule has 7 heteroatoms. The molecule has 0 bridgehead atoms. The summed E-state index contributed by atoms with van der Waals surface area (Å²) in [5.74, 6) is -0.0421. The van der Waals surface area contributed by atoms with Gasteiger partial charge in [0.1, 0.15) is 6.07 Å². The summed E-state index contributed by atoms with van der Waals surface area (Å²) >= 11 is 0. The fourth-order valence-corrected chi connectivity index (χ4v) is 4.08. The van der Waals surface area contributed by atoms with Gasteiger partial charge in [-0.05, 0) is 57.1 Å². The second-order valence-corrected chi connectivity index (χ2v) is 7.52. The molecule has 3 heterocycles. The lowest BCUT2D eigenvalue weighted by Crippen LogP contribution is -2.55. The number of nitrogens with zero attached hydrogens (tertiary/aromatic N) is 3. The number of morpholine rings is 1. The van der Waals surface area contributed by atoms with E-state index in [2.05, 4.69) is 26.6 Å². The van der Waals surface area contributed by atoms with Crippen LogP contribution >= 0.6 is 0 Å². The molecule has 146 valence electrons. The third-order valence-corrected chi connectivity index (χ3v) is 5.45. The second-order valence-electron chi connectivity index (χ2n) is 7.52. The van der Waals surface area contributed by atoms with Gasteiger partial charge < -0.3 is 20.3 Å². The number of hydrogen-bond acceptors (Lipinski definition) is 6. The van der Waals surface area contributed by atoms with Crippen molar-refractivity contribution in [2.24, 2.45) is 0 Å². The van der Waals surface area contributed by atoms with Crippen LogP contribution in [-0.4, -0.2) is 55.3 Å². The molecule has 2 atom stereocenters. The third kappa shape index (κ3) is 3.79. The standard InChI is InChI=1S/C21H25N5O2/c1-14-12-26(13-19(28-14)21(27)25-16-6-9-23-10-7-16)18-5-4-15(11-22)20-17(18)3-2-8-24-20/h2-5,8,14,16,19,23H,6-7,9-10,12-13H2,1H3,(H,25,27)/t14-,19-/m1/s1. The summed E-state index contributed by atoms with van der Waals surface area (Å²) in [5.41, 5.74) is 2.23. The number of aromatic nitrogens is 1. The molecule has 0 saturated carbocycles. The molecule has 28 heavy (non-hydrogen) atoms. The molecule has 2 saturated heterocycles. The van der Waals surface area contributed by atoms with Gasteiger partial charge >= 0.3 is 0 Å². The van der Waals surface area contributed by atoms with E-state index in [0.29, 0.717) is 24.2 Å². The monoisotopic (exact) mass is 379 g/mol. The van der Waals surface area contributed by atoms with Crippen LogP contribution in [0.3, 0.4) is 0 Å². The number of fused-ring (bicyclic) bond motifs is 1. The maximum Gasteiger partial charge on any atom is 0.251 e. The van der Waals surface area contributed by atoms with Crippen molar-refractivity contribution in [1.29, 1.82) is 5.26 Å². The van der Waals surface area contributed by atoms with Crippen LogP contribution in [0.2, 0.25) is 0 Å². The average molecular weight is 379 g/mol. The molecule has 2 N–H and O–H groups in total. The molecule has 4 rings (SSSR count). The number of carbonyl (C=O) groups is 1. The highest BCUT2D eigenvalue weighted by Crippen LogP contribution is 2.30. The molecule has 2 aliphatic heterocycles. The summed E-state index contributed by atoms with van der Waals surface area (Å²) < 4.78 is 5.96. The highest BCUT2D eigenvalue weighted by Gasteiger charge is 2.32. The molecule has 2 aromatic rings. The van der Waals surface area contributed by atoms with E-state index in [1.54, 1.807) is 12.3 Å². The summed E-state index contributed by atoms with van der Waals surface area (Å²) in [4.78, 5) is 19.4. The maximum absolute atomic E-state index is 12.8. The highest BCUT2D eigenvalue weighted by atomic mass is 16.5. The Morgan fingerprint density at radius 1 is 1.32 bits per heavy atom. The lowest BCUT2D eigenvalue weighted by atomic mass is 10.0. The Hall–Kier alpha value is -2.69. The minimum atomic E-state index is -0.513.